The minimum absolute atomic E-state index is 0.0526. The van der Waals surface area contributed by atoms with Crippen molar-refractivity contribution in [1.82, 2.24) is 9.62 Å². The van der Waals surface area contributed by atoms with Gasteiger partial charge < -0.3 is 10.0 Å². The van der Waals surface area contributed by atoms with E-state index in [1.807, 2.05) is 36.5 Å². The minimum Gasteiger partial charge on any atom is -0.481 e. The predicted molar refractivity (Wildman–Crippen MR) is 91.6 cm³/mol. The van der Waals surface area contributed by atoms with Gasteiger partial charge in [-0.1, -0.05) is 6.07 Å². The van der Waals surface area contributed by atoms with Crippen LogP contribution in [0.15, 0.2) is 33.9 Å². The summed E-state index contributed by atoms with van der Waals surface area (Å²) >= 11 is 2.56. The molecule has 0 aromatic carbocycles. The van der Waals surface area contributed by atoms with E-state index in [2.05, 4.69) is 4.72 Å². The maximum absolute atomic E-state index is 12.4. The number of hydrogen-bond donors (Lipinski definition) is 2. The van der Waals surface area contributed by atoms with E-state index in [0.717, 1.165) is 16.2 Å². The van der Waals surface area contributed by atoms with Gasteiger partial charge in [0, 0.05) is 16.3 Å². The van der Waals surface area contributed by atoms with E-state index in [1.54, 1.807) is 11.3 Å². The first-order valence-corrected chi connectivity index (χ1v) is 9.97. The molecule has 2 N–H and O–H groups in total. The van der Waals surface area contributed by atoms with Crippen molar-refractivity contribution >= 4 is 38.7 Å². The molecule has 2 rings (SSSR count). The van der Waals surface area contributed by atoms with Gasteiger partial charge in [-0.3, -0.25) is 4.79 Å². The highest BCUT2D eigenvalue weighted by Crippen LogP contribution is 2.25. The van der Waals surface area contributed by atoms with Crippen LogP contribution in [0.5, 0.6) is 0 Å². The van der Waals surface area contributed by atoms with Gasteiger partial charge in [0.05, 0.1) is 12.5 Å². The van der Waals surface area contributed by atoms with Crippen LogP contribution in [0.4, 0.5) is 0 Å². The van der Waals surface area contributed by atoms with Crippen molar-refractivity contribution in [2.45, 2.75) is 16.7 Å². The highest BCUT2D eigenvalue weighted by molar-refractivity contribution is 7.91. The van der Waals surface area contributed by atoms with Crippen LogP contribution < -0.4 is 4.72 Å². The number of sulfonamides is 1. The van der Waals surface area contributed by atoms with Crippen LogP contribution in [0.2, 0.25) is 0 Å². The van der Waals surface area contributed by atoms with Gasteiger partial charge in [-0.25, -0.2) is 13.1 Å². The quantitative estimate of drug-likeness (QED) is 0.738. The molecule has 0 saturated heterocycles. The Morgan fingerprint density at radius 2 is 2.09 bits per heavy atom. The summed E-state index contributed by atoms with van der Waals surface area (Å²) < 4.78 is 27.5. The summed E-state index contributed by atoms with van der Waals surface area (Å²) in [5.74, 6) is -0.978. The summed E-state index contributed by atoms with van der Waals surface area (Å²) in [6.07, 6.45) is -0.171. The zero-order valence-corrected chi connectivity index (χ0v) is 15.2. The van der Waals surface area contributed by atoms with E-state index in [-0.39, 0.29) is 23.2 Å². The number of nitrogens with zero attached hydrogens (tertiary/aromatic N) is 1. The second-order valence-corrected chi connectivity index (χ2v) is 9.28. The van der Waals surface area contributed by atoms with Gasteiger partial charge in [-0.2, -0.15) is 0 Å². The Labute approximate surface area is 143 Å². The lowest BCUT2D eigenvalue weighted by Gasteiger charge is -2.23. The predicted octanol–water partition coefficient (Wildman–Crippen LogP) is 2.02. The standard InChI is InChI=1S/C14H18N2O4S3/c1-16(2)11(12-4-3-7-21-12)9-15-23(19,20)14-6-5-10(22-14)8-13(17)18/h3-7,11,15H,8-9H2,1-2H3,(H,17,18). The van der Waals surface area contributed by atoms with Crippen LogP contribution in [0.3, 0.4) is 0 Å². The average molecular weight is 375 g/mol. The van der Waals surface area contributed by atoms with Crippen molar-refractivity contribution < 1.29 is 18.3 Å². The number of carboxylic acids is 1. The van der Waals surface area contributed by atoms with Crippen LogP contribution in [0.25, 0.3) is 0 Å². The maximum atomic E-state index is 12.4. The van der Waals surface area contributed by atoms with E-state index in [4.69, 9.17) is 5.11 Å². The molecule has 2 aromatic heterocycles. The highest BCUT2D eigenvalue weighted by atomic mass is 32.2. The molecule has 126 valence electrons. The minimum atomic E-state index is -3.64. The molecule has 0 aliphatic carbocycles. The summed E-state index contributed by atoms with van der Waals surface area (Å²) in [4.78, 5) is 14.2. The summed E-state index contributed by atoms with van der Waals surface area (Å²) in [5, 5.41) is 10.7. The summed E-state index contributed by atoms with van der Waals surface area (Å²) in [6, 6.07) is 6.84. The third-order valence-corrected chi connectivity index (χ3v) is 7.16. The fourth-order valence-corrected chi connectivity index (χ4v) is 5.38. The molecule has 0 bridgehead atoms. The van der Waals surface area contributed by atoms with Crippen molar-refractivity contribution in [3.8, 4) is 0 Å². The Morgan fingerprint density at radius 3 is 2.65 bits per heavy atom. The summed E-state index contributed by atoms with van der Waals surface area (Å²) in [7, 11) is 0.154. The first-order valence-electron chi connectivity index (χ1n) is 6.79. The second-order valence-electron chi connectivity index (χ2n) is 5.14. The molecular weight excluding hydrogens is 356 g/mol. The maximum Gasteiger partial charge on any atom is 0.308 e. The van der Waals surface area contributed by atoms with E-state index < -0.39 is 16.0 Å². The zero-order valence-electron chi connectivity index (χ0n) is 12.7. The number of carbonyl (C=O) groups is 1. The van der Waals surface area contributed by atoms with Crippen molar-refractivity contribution in [2.75, 3.05) is 20.6 Å². The Morgan fingerprint density at radius 1 is 1.35 bits per heavy atom. The van der Waals surface area contributed by atoms with Gasteiger partial charge in [0.1, 0.15) is 4.21 Å². The van der Waals surface area contributed by atoms with Gasteiger partial charge in [0.15, 0.2) is 0 Å². The SMILES string of the molecule is CN(C)C(CNS(=O)(=O)c1ccc(CC(=O)O)s1)c1cccs1. The monoisotopic (exact) mass is 374 g/mol. The normalized spacial score (nSPS) is 13.3. The molecule has 2 heterocycles. The fraction of sp³-hybridized carbons (Fsp3) is 0.357. The van der Waals surface area contributed by atoms with Crippen LogP contribution in [0.1, 0.15) is 15.8 Å². The lowest BCUT2D eigenvalue weighted by molar-refractivity contribution is -0.136. The topological polar surface area (TPSA) is 86.7 Å². The highest BCUT2D eigenvalue weighted by Gasteiger charge is 2.22. The number of aliphatic carboxylic acids is 1. The average Bonchev–Trinajstić information content (AvgIpc) is 3.09. The number of thiophene rings is 2. The largest absolute Gasteiger partial charge is 0.481 e. The van der Waals surface area contributed by atoms with Gasteiger partial charge in [0.25, 0.3) is 0 Å². The molecule has 0 aliphatic heterocycles. The number of rotatable bonds is 8. The molecule has 0 aliphatic rings. The Balaban J connectivity index is 2.08. The first kappa shape index (κ1) is 18.1. The fourth-order valence-electron chi connectivity index (χ4n) is 2.03. The number of likely N-dealkylation sites (N-methyl/N-ethyl adjacent to an activating group) is 1. The van der Waals surface area contributed by atoms with Gasteiger partial charge in [0.2, 0.25) is 10.0 Å². The Hall–Kier alpha value is -1.26. The third kappa shape index (κ3) is 4.85. The second kappa shape index (κ2) is 7.54. The molecule has 1 atom stereocenters. The lowest BCUT2D eigenvalue weighted by atomic mass is 10.2. The van der Waals surface area contributed by atoms with E-state index in [0.29, 0.717) is 4.88 Å². The molecular formula is C14H18N2O4S3. The number of hydrogen-bond acceptors (Lipinski definition) is 6. The van der Waals surface area contributed by atoms with E-state index >= 15 is 0 Å². The lowest BCUT2D eigenvalue weighted by Crippen LogP contribution is -2.33. The Kier molecular flexibility index (Phi) is 5.93. The van der Waals surface area contributed by atoms with E-state index in [9.17, 15) is 13.2 Å². The van der Waals surface area contributed by atoms with Crippen molar-refractivity contribution in [2.24, 2.45) is 0 Å². The van der Waals surface area contributed by atoms with Gasteiger partial charge in [-0.05, 0) is 37.7 Å². The third-order valence-electron chi connectivity index (χ3n) is 3.19. The molecule has 0 amide bonds. The van der Waals surface area contributed by atoms with Crippen LogP contribution >= 0.6 is 22.7 Å². The van der Waals surface area contributed by atoms with E-state index in [1.165, 1.54) is 12.1 Å². The number of carboxylic acid groups (broad SMARTS) is 1. The van der Waals surface area contributed by atoms with Crippen molar-refractivity contribution in [3.63, 3.8) is 0 Å². The molecule has 0 radical (unpaired) electrons. The van der Waals surface area contributed by atoms with Gasteiger partial charge in [-0.15, -0.1) is 22.7 Å². The molecule has 1 unspecified atom stereocenters. The summed E-state index contributed by atoms with van der Waals surface area (Å²) in [6.45, 7) is 0.252. The zero-order chi connectivity index (χ0) is 17.0. The molecule has 6 nitrogen and oxygen atoms in total. The van der Waals surface area contributed by atoms with Crippen molar-refractivity contribution in [3.05, 3.63) is 39.4 Å². The van der Waals surface area contributed by atoms with Gasteiger partial charge >= 0.3 is 5.97 Å². The van der Waals surface area contributed by atoms with Crippen LogP contribution in [-0.2, 0) is 21.2 Å². The first-order chi connectivity index (χ1) is 10.8. The Bertz CT molecular complexity index is 751. The summed E-state index contributed by atoms with van der Waals surface area (Å²) in [5.41, 5.74) is 0. The van der Waals surface area contributed by atoms with Crippen molar-refractivity contribution in [1.29, 1.82) is 0 Å². The molecule has 23 heavy (non-hydrogen) atoms. The molecule has 0 saturated carbocycles. The molecule has 2 aromatic rings. The molecule has 9 heteroatoms. The van der Waals surface area contributed by atoms with Crippen LogP contribution in [0, 0.1) is 0 Å². The molecule has 0 fully saturated rings. The van der Waals surface area contributed by atoms with Crippen LogP contribution in [-0.4, -0.2) is 45.0 Å². The number of nitrogens with one attached hydrogen (secondary N) is 1. The molecule has 0 spiro atoms. The smallest absolute Gasteiger partial charge is 0.308 e.